The van der Waals surface area contributed by atoms with Crippen molar-refractivity contribution in [2.75, 3.05) is 13.7 Å². The third-order valence-corrected chi connectivity index (χ3v) is 10.5. The Morgan fingerprint density at radius 2 is 1.68 bits per heavy atom. The van der Waals surface area contributed by atoms with Gasteiger partial charge >= 0.3 is 5.97 Å². The molecular weight excluding hydrogens is 713 g/mol. The number of rotatable bonds is 10. The first kappa shape index (κ1) is 36.3. The van der Waals surface area contributed by atoms with E-state index in [4.69, 9.17) is 42.1 Å². The Labute approximate surface area is 318 Å². The SMILES string of the molecule is COC(=O)[C@H](Cc1ccc(-c2ccnc(C)c2C)cc1)NC(=O)[C@@H]1Cc2cc3c(cc2CN1)O[C@H](c1ccc(OCc2ccc(Cl)c(Cl)c2)cc1)CO3. The molecule has 7 rings (SSSR count). The smallest absolute Gasteiger partial charge is 0.328 e. The zero-order valence-electron chi connectivity index (χ0n) is 29.6. The second-order valence-electron chi connectivity index (χ2n) is 13.3. The molecule has 9 nitrogen and oxygen atoms in total. The average molecular weight is 753 g/mol. The second-order valence-corrected chi connectivity index (χ2v) is 14.1. The normalized spacial score (nSPS) is 16.6. The van der Waals surface area contributed by atoms with E-state index >= 15 is 0 Å². The maximum Gasteiger partial charge on any atom is 0.328 e. The maximum absolute atomic E-state index is 13.5. The molecular formula is C42H39Cl2N3O6. The van der Waals surface area contributed by atoms with E-state index in [1.165, 1.54) is 7.11 Å². The number of ether oxygens (including phenoxy) is 4. The summed E-state index contributed by atoms with van der Waals surface area (Å²) in [6, 6.07) is 25.7. The molecule has 272 valence electrons. The fraction of sp³-hybridized carbons (Fsp3) is 0.262. The molecule has 0 bridgehead atoms. The average Bonchev–Trinajstić information content (AvgIpc) is 3.18. The standard InChI is InChI=1S/C42H39Cl2N3O6/c1-24-25(2)45-15-14-33(24)28-7-4-26(5-8-28)17-37(42(49)50-3)47-41(48)36-18-30-19-38-39(20-31(30)21-46-36)53-40(23-52-38)29-9-11-32(12-10-29)51-22-27-6-13-34(43)35(44)16-27/h4-16,19-20,36-37,40,46H,17-18,21-23H2,1-3H3,(H,47,48)/t36-,37-,40-/m0/s1. The lowest BCUT2D eigenvalue weighted by atomic mass is 9.94. The number of benzene rings is 4. The van der Waals surface area contributed by atoms with Crippen LogP contribution in [0.15, 0.2) is 91.1 Å². The number of carbonyl (C=O) groups is 2. The van der Waals surface area contributed by atoms with Gasteiger partial charge in [0.2, 0.25) is 5.91 Å². The van der Waals surface area contributed by atoms with Crippen molar-refractivity contribution in [3.05, 3.63) is 140 Å². The fourth-order valence-electron chi connectivity index (χ4n) is 6.62. The predicted octanol–water partition coefficient (Wildman–Crippen LogP) is 7.68. The summed E-state index contributed by atoms with van der Waals surface area (Å²) in [7, 11) is 1.33. The Bertz CT molecular complexity index is 2140. The minimum Gasteiger partial charge on any atom is -0.489 e. The lowest BCUT2D eigenvalue weighted by Gasteiger charge is -2.31. The molecule has 3 heterocycles. The molecule has 1 aromatic heterocycles. The van der Waals surface area contributed by atoms with Crippen LogP contribution in [0.25, 0.3) is 11.1 Å². The van der Waals surface area contributed by atoms with Crippen molar-refractivity contribution < 1.29 is 28.5 Å². The number of amides is 1. The molecule has 2 N–H and O–H groups in total. The highest BCUT2D eigenvalue weighted by molar-refractivity contribution is 6.42. The van der Waals surface area contributed by atoms with Gasteiger partial charge in [0.25, 0.3) is 0 Å². The van der Waals surface area contributed by atoms with Crippen molar-refractivity contribution in [1.29, 1.82) is 0 Å². The highest BCUT2D eigenvalue weighted by Crippen LogP contribution is 2.40. The monoisotopic (exact) mass is 751 g/mol. The van der Waals surface area contributed by atoms with Crippen LogP contribution < -0.4 is 24.8 Å². The molecule has 4 aromatic carbocycles. The molecule has 0 saturated carbocycles. The van der Waals surface area contributed by atoms with Gasteiger partial charge in [-0.25, -0.2) is 4.79 Å². The molecule has 2 aliphatic heterocycles. The Hall–Kier alpha value is -5.09. The summed E-state index contributed by atoms with van der Waals surface area (Å²) in [5.74, 6) is 1.23. The molecule has 0 radical (unpaired) electrons. The predicted molar refractivity (Wildman–Crippen MR) is 204 cm³/mol. The molecule has 0 saturated heterocycles. The summed E-state index contributed by atoms with van der Waals surface area (Å²) in [5, 5.41) is 7.26. The number of esters is 1. The van der Waals surface area contributed by atoms with E-state index < -0.39 is 18.1 Å². The Balaban J connectivity index is 0.956. The molecule has 3 atom stereocenters. The summed E-state index contributed by atoms with van der Waals surface area (Å²) in [4.78, 5) is 30.7. The number of hydrogen-bond acceptors (Lipinski definition) is 8. The topological polar surface area (TPSA) is 108 Å². The largest absolute Gasteiger partial charge is 0.489 e. The third kappa shape index (κ3) is 8.28. The summed E-state index contributed by atoms with van der Waals surface area (Å²) in [6.07, 6.45) is 2.23. The van der Waals surface area contributed by atoms with Crippen molar-refractivity contribution in [3.8, 4) is 28.4 Å². The van der Waals surface area contributed by atoms with Gasteiger partial charge in [-0.3, -0.25) is 9.78 Å². The maximum atomic E-state index is 13.5. The van der Waals surface area contributed by atoms with E-state index in [0.717, 1.165) is 50.2 Å². The summed E-state index contributed by atoms with van der Waals surface area (Å²) in [5.41, 5.74) is 9.06. The number of methoxy groups -OCH3 is 1. The van der Waals surface area contributed by atoms with Gasteiger partial charge in [0.05, 0.1) is 23.2 Å². The van der Waals surface area contributed by atoms with Crippen LogP contribution in [0.1, 0.15) is 45.2 Å². The molecule has 0 spiro atoms. The zero-order valence-corrected chi connectivity index (χ0v) is 31.1. The first-order chi connectivity index (χ1) is 25.6. The van der Waals surface area contributed by atoms with E-state index in [0.29, 0.717) is 59.9 Å². The number of carbonyl (C=O) groups excluding carboxylic acids is 2. The fourth-order valence-corrected chi connectivity index (χ4v) is 6.94. The van der Waals surface area contributed by atoms with E-state index in [2.05, 4.69) is 22.5 Å². The zero-order chi connectivity index (χ0) is 37.1. The number of nitrogens with one attached hydrogen (secondary N) is 2. The molecule has 1 amide bonds. The quantitative estimate of drug-likeness (QED) is 0.140. The van der Waals surface area contributed by atoms with Crippen LogP contribution in [0.4, 0.5) is 0 Å². The molecule has 0 unspecified atom stereocenters. The number of halogens is 2. The lowest BCUT2D eigenvalue weighted by molar-refractivity contribution is -0.145. The van der Waals surface area contributed by atoms with Gasteiger partial charge in [0, 0.05) is 24.9 Å². The van der Waals surface area contributed by atoms with Crippen LogP contribution in [0, 0.1) is 13.8 Å². The van der Waals surface area contributed by atoms with Gasteiger partial charge in [-0.05, 0) is 107 Å². The van der Waals surface area contributed by atoms with Gasteiger partial charge < -0.3 is 29.6 Å². The van der Waals surface area contributed by atoms with Crippen LogP contribution >= 0.6 is 23.2 Å². The summed E-state index contributed by atoms with van der Waals surface area (Å²) >= 11 is 12.1. The van der Waals surface area contributed by atoms with Crippen molar-refractivity contribution in [1.82, 2.24) is 15.6 Å². The van der Waals surface area contributed by atoms with Crippen LogP contribution in [-0.4, -0.2) is 42.7 Å². The number of nitrogens with zero attached hydrogens (tertiary/aromatic N) is 1. The number of aromatic nitrogens is 1. The first-order valence-electron chi connectivity index (χ1n) is 17.4. The van der Waals surface area contributed by atoms with Crippen LogP contribution in [-0.2, 0) is 40.3 Å². The van der Waals surface area contributed by atoms with Gasteiger partial charge in [-0.15, -0.1) is 0 Å². The van der Waals surface area contributed by atoms with Crippen molar-refractivity contribution >= 4 is 35.1 Å². The molecule has 53 heavy (non-hydrogen) atoms. The van der Waals surface area contributed by atoms with E-state index in [1.54, 1.807) is 18.3 Å². The van der Waals surface area contributed by atoms with E-state index in [9.17, 15) is 9.59 Å². The third-order valence-electron chi connectivity index (χ3n) is 9.81. The van der Waals surface area contributed by atoms with Gasteiger partial charge in [0.15, 0.2) is 17.6 Å². The molecule has 0 aliphatic carbocycles. The number of pyridine rings is 1. The molecule has 2 aliphatic rings. The number of aryl methyl sites for hydroxylation is 1. The first-order valence-corrected chi connectivity index (χ1v) is 18.2. The van der Waals surface area contributed by atoms with Crippen molar-refractivity contribution in [3.63, 3.8) is 0 Å². The molecule has 5 aromatic rings. The van der Waals surface area contributed by atoms with Crippen LogP contribution in [0.5, 0.6) is 17.2 Å². The minimum atomic E-state index is -0.841. The highest BCUT2D eigenvalue weighted by atomic mass is 35.5. The Kier molecular flexibility index (Phi) is 10.9. The van der Waals surface area contributed by atoms with Crippen molar-refractivity contribution in [2.45, 2.75) is 58.0 Å². The minimum absolute atomic E-state index is 0.273. The van der Waals surface area contributed by atoms with Gasteiger partial charge in [-0.2, -0.15) is 0 Å². The molecule has 0 fully saturated rings. The van der Waals surface area contributed by atoms with Crippen LogP contribution in [0.3, 0.4) is 0 Å². The van der Waals surface area contributed by atoms with E-state index in [1.807, 2.05) is 79.7 Å². The number of fused-ring (bicyclic) bond motifs is 2. The Morgan fingerprint density at radius 3 is 2.43 bits per heavy atom. The Morgan fingerprint density at radius 1 is 0.925 bits per heavy atom. The summed E-state index contributed by atoms with van der Waals surface area (Å²) < 4.78 is 23.6. The van der Waals surface area contributed by atoms with E-state index in [-0.39, 0.29) is 12.0 Å². The lowest BCUT2D eigenvalue weighted by Crippen LogP contribution is -2.53. The highest BCUT2D eigenvalue weighted by Gasteiger charge is 2.31. The second kappa shape index (κ2) is 15.9. The summed E-state index contributed by atoms with van der Waals surface area (Å²) in [6.45, 7) is 5.20. The van der Waals surface area contributed by atoms with Crippen molar-refractivity contribution in [2.24, 2.45) is 0 Å². The van der Waals surface area contributed by atoms with Gasteiger partial charge in [0.1, 0.15) is 25.0 Å². The van der Waals surface area contributed by atoms with Crippen LogP contribution in [0.2, 0.25) is 10.0 Å². The number of hydrogen-bond donors (Lipinski definition) is 2. The molecule has 11 heteroatoms. The van der Waals surface area contributed by atoms with Gasteiger partial charge in [-0.1, -0.05) is 65.7 Å².